The Labute approximate surface area is 105 Å². The van der Waals surface area contributed by atoms with Crippen LogP contribution in [0, 0.1) is 6.92 Å². The number of nitrogens with zero attached hydrogens (tertiary/aromatic N) is 1. The number of nitrogens with one attached hydrogen (secondary N) is 1. The molecule has 2 aromatic heterocycles. The highest BCUT2D eigenvalue weighted by atomic mass is 16.1. The van der Waals surface area contributed by atoms with Crippen molar-refractivity contribution in [1.82, 2.24) is 9.55 Å². The summed E-state index contributed by atoms with van der Waals surface area (Å²) >= 11 is 0. The number of aromatic amines is 1. The first-order chi connectivity index (χ1) is 8.70. The van der Waals surface area contributed by atoms with Gasteiger partial charge in [-0.1, -0.05) is 18.2 Å². The van der Waals surface area contributed by atoms with E-state index in [1.165, 1.54) is 16.5 Å². The maximum absolute atomic E-state index is 10.7. The molecule has 90 valence electrons. The number of aldehydes is 1. The molecule has 0 bridgehead atoms. The number of aromatic nitrogens is 2. The molecule has 3 heteroatoms. The minimum absolute atomic E-state index is 0.604. The van der Waals surface area contributed by atoms with Crippen molar-refractivity contribution < 1.29 is 4.79 Å². The van der Waals surface area contributed by atoms with Crippen LogP contribution in [-0.2, 0) is 7.05 Å². The summed E-state index contributed by atoms with van der Waals surface area (Å²) in [5.41, 5.74) is 5.15. The Morgan fingerprint density at radius 1 is 1.22 bits per heavy atom. The highest BCUT2D eigenvalue weighted by Gasteiger charge is 2.10. The number of H-pyrrole nitrogens is 1. The maximum Gasteiger partial charge on any atom is 0.166 e. The van der Waals surface area contributed by atoms with E-state index in [0.29, 0.717) is 5.69 Å². The van der Waals surface area contributed by atoms with Gasteiger partial charge < -0.3 is 9.55 Å². The minimum atomic E-state index is 0.604. The fraction of sp³-hybridized carbons (Fsp3) is 0.133. The Hall–Kier alpha value is -2.29. The zero-order valence-electron chi connectivity index (χ0n) is 10.4. The van der Waals surface area contributed by atoms with Gasteiger partial charge in [-0.15, -0.1) is 0 Å². The van der Waals surface area contributed by atoms with Gasteiger partial charge in [0.25, 0.3) is 0 Å². The first kappa shape index (κ1) is 10.8. The fourth-order valence-electron chi connectivity index (χ4n) is 2.51. The molecule has 2 heterocycles. The summed E-state index contributed by atoms with van der Waals surface area (Å²) in [6.45, 7) is 2.11. The van der Waals surface area contributed by atoms with Crippen molar-refractivity contribution in [3.05, 3.63) is 47.7 Å². The van der Waals surface area contributed by atoms with Crippen LogP contribution in [0.15, 0.2) is 36.4 Å². The van der Waals surface area contributed by atoms with Crippen molar-refractivity contribution in [2.24, 2.45) is 7.05 Å². The number of carbonyl (C=O) groups is 1. The first-order valence-corrected chi connectivity index (χ1v) is 5.90. The van der Waals surface area contributed by atoms with E-state index in [-0.39, 0.29) is 0 Å². The number of rotatable bonds is 2. The van der Waals surface area contributed by atoms with Gasteiger partial charge in [0, 0.05) is 12.4 Å². The van der Waals surface area contributed by atoms with Gasteiger partial charge in [-0.05, 0) is 30.7 Å². The van der Waals surface area contributed by atoms with E-state index in [4.69, 9.17) is 0 Å². The normalized spacial score (nSPS) is 11.0. The smallest absolute Gasteiger partial charge is 0.166 e. The second kappa shape index (κ2) is 3.88. The number of hydrogen-bond acceptors (Lipinski definition) is 1. The van der Waals surface area contributed by atoms with Gasteiger partial charge in [-0.2, -0.15) is 0 Å². The second-order valence-corrected chi connectivity index (χ2v) is 4.55. The average Bonchev–Trinajstić information content (AvgIpc) is 2.94. The molecule has 3 rings (SSSR count). The first-order valence-electron chi connectivity index (χ1n) is 5.90. The van der Waals surface area contributed by atoms with Crippen LogP contribution in [0.2, 0.25) is 0 Å². The molecule has 0 fully saturated rings. The zero-order valence-corrected chi connectivity index (χ0v) is 10.4. The van der Waals surface area contributed by atoms with Crippen LogP contribution in [0.3, 0.4) is 0 Å². The van der Waals surface area contributed by atoms with Gasteiger partial charge in [-0.25, -0.2) is 0 Å². The lowest BCUT2D eigenvalue weighted by molar-refractivity contribution is 0.111. The molecule has 3 nitrogen and oxygen atoms in total. The van der Waals surface area contributed by atoms with E-state index in [0.717, 1.165) is 17.7 Å². The lowest BCUT2D eigenvalue weighted by Crippen LogP contribution is -1.93. The Morgan fingerprint density at radius 3 is 2.72 bits per heavy atom. The average molecular weight is 238 g/mol. The maximum atomic E-state index is 10.7. The van der Waals surface area contributed by atoms with E-state index in [1.54, 1.807) is 6.07 Å². The molecule has 0 saturated heterocycles. The molecule has 0 unspecified atom stereocenters. The molecule has 0 aliphatic carbocycles. The van der Waals surface area contributed by atoms with E-state index < -0.39 is 0 Å². The number of para-hydroxylation sites is 1. The number of benzene rings is 1. The summed E-state index contributed by atoms with van der Waals surface area (Å²) in [4.78, 5) is 13.8. The molecule has 0 atom stereocenters. The molecule has 0 saturated carbocycles. The molecular formula is C15H14N2O. The van der Waals surface area contributed by atoms with Crippen LogP contribution in [0.5, 0.6) is 0 Å². The quantitative estimate of drug-likeness (QED) is 0.683. The third-order valence-corrected chi connectivity index (χ3v) is 3.37. The van der Waals surface area contributed by atoms with Gasteiger partial charge >= 0.3 is 0 Å². The monoisotopic (exact) mass is 238 g/mol. The molecular weight excluding hydrogens is 224 g/mol. The largest absolute Gasteiger partial charge is 0.351 e. The summed E-state index contributed by atoms with van der Waals surface area (Å²) in [6.07, 6.45) is 0.831. The summed E-state index contributed by atoms with van der Waals surface area (Å²) < 4.78 is 2.16. The Balaban J connectivity index is 2.26. The molecule has 1 aromatic carbocycles. The van der Waals surface area contributed by atoms with Crippen molar-refractivity contribution >= 4 is 17.2 Å². The Morgan fingerprint density at radius 2 is 2.06 bits per heavy atom. The summed E-state index contributed by atoms with van der Waals surface area (Å²) in [5, 5.41) is 1.22. The molecule has 18 heavy (non-hydrogen) atoms. The van der Waals surface area contributed by atoms with Crippen molar-refractivity contribution in [3.63, 3.8) is 0 Å². The highest BCUT2D eigenvalue weighted by Crippen LogP contribution is 2.28. The lowest BCUT2D eigenvalue weighted by atomic mass is 10.2. The summed E-state index contributed by atoms with van der Waals surface area (Å²) in [6, 6.07) is 12.2. The number of fused-ring (bicyclic) bond motifs is 1. The van der Waals surface area contributed by atoms with Crippen LogP contribution in [-0.4, -0.2) is 15.8 Å². The Bertz CT molecular complexity index is 734. The van der Waals surface area contributed by atoms with Gasteiger partial charge in [0.05, 0.1) is 22.6 Å². The van der Waals surface area contributed by atoms with Crippen LogP contribution < -0.4 is 0 Å². The molecule has 0 radical (unpaired) electrons. The van der Waals surface area contributed by atoms with Crippen LogP contribution >= 0.6 is 0 Å². The van der Waals surface area contributed by atoms with Crippen LogP contribution in [0.1, 0.15) is 16.1 Å². The number of hydrogen-bond donors (Lipinski definition) is 1. The zero-order chi connectivity index (χ0) is 12.7. The second-order valence-electron chi connectivity index (χ2n) is 4.55. The fourth-order valence-corrected chi connectivity index (χ4v) is 2.51. The van der Waals surface area contributed by atoms with E-state index in [9.17, 15) is 4.79 Å². The number of aryl methyl sites for hydroxylation is 2. The summed E-state index contributed by atoms with van der Waals surface area (Å²) in [7, 11) is 2.05. The van der Waals surface area contributed by atoms with Crippen LogP contribution in [0.25, 0.3) is 22.3 Å². The van der Waals surface area contributed by atoms with Crippen molar-refractivity contribution in [2.75, 3.05) is 0 Å². The third kappa shape index (κ3) is 1.48. The third-order valence-electron chi connectivity index (χ3n) is 3.37. The van der Waals surface area contributed by atoms with Gasteiger partial charge in [0.2, 0.25) is 0 Å². The molecule has 0 aliphatic heterocycles. The topological polar surface area (TPSA) is 37.8 Å². The van der Waals surface area contributed by atoms with Crippen molar-refractivity contribution in [2.45, 2.75) is 6.92 Å². The van der Waals surface area contributed by atoms with Gasteiger partial charge in [-0.3, -0.25) is 4.79 Å². The van der Waals surface area contributed by atoms with E-state index >= 15 is 0 Å². The molecule has 0 amide bonds. The molecule has 3 aromatic rings. The molecule has 1 N–H and O–H groups in total. The predicted octanol–water partition coefficient (Wildman–Crippen LogP) is 3.29. The standard InChI is InChI=1S/C15H14N2O/c1-10-4-3-5-11-8-14(17(2)15(10)11)13-7-6-12(9-18)16-13/h3-9,16H,1-2H3. The van der Waals surface area contributed by atoms with Crippen molar-refractivity contribution in [1.29, 1.82) is 0 Å². The van der Waals surface area contributed by atoms with Gasteiger partial charge in [0.15, 0.2) is 6.29 Å². The van der Waals surface area contributed by atoms with Crippen LogP contribution in [0.4, 0.5) is 0 Å². The predicted molar refractivity (Wildman–Crippen MR) is 72.8 cm³/mol. The minimum Gasteiger partial charge on any atom is -0.351 e. The Kier molecular flexibility index (Phi) is 2.33. The van der Waals surface area contributed by atoms with E-state index in [2.05, 4.69) is 40.7 Å². The number of carbonyl (C=O) groups excluding carboxylic acids is 1. The summed E-state index contributed by atoms with van der Waals surface area (Å²) in [5.74, 6) is 0. The molecule has 0 aliphatic rings. The van der Waals surface area contributed by atoms with Gasteiger partial charge in [0.1, 0.15) is 0 Å². The van der Waals surface area contributed by atoms with Crippen molar-refractivity contribution in [3.8, 4) is 11.4 Å². The SMILES string of the molecule is Cc1cccc2cc(-c3ccc(C=O)[nH]3)n(C)c12. The van der Waals surface area contributed by atoms with E-state index in [1.807, 2.05) is 13.1 Å². The molecule has 0 spiro atoms. The lowest BCUT2D eigenvalue weighted by Gasteiger charge is -2.04. The highest BCUT2D eigenvalue weighted by molar-refractivity contribution is 5.89.